The lowest BCUT2D eigenvalue weighted by Gasteiger charge is -2.30. The summed E-state index contributed by atoms with van der Waals surface area (Å²) in [6.45, 7) is 1.99. The number of hydrogen-bond acceptors (Lipinski definition) is 2. The number of ether oxygens (including phenoxy) is 1. The van der Waals surface area contributed by atoms with Crippen molar-refractivity contribution in [1.29, 1.82) is 0 Å². The summed E-state index contributed by atoms with van der Waals surface area (Å²) < 4.78 is 5.98. The Morgan fingerprint density at radius 3 is 2.75 bits per heavy atom. The van der Waals surface area contributed by atoms with Crippen LogP contribution in [0, 0.1) is 6.92 Å². The van der Waals surface area contributed by atoms with Crippen molar-refractivity contribution in [3.63, 3.8) is 0 Å². The number of benzene rings is 2. The van der Waals surface area contributed by atoms with Gasteiger partial charge in [0, 0.05) is 17.5 Å². The fourth-order valence-corrected chi connectivity index (χ4v) is 2.96. The molecule has 0 radical (unpaired) electrons. The summed E-state index contributed by atoms with van der Waals surface area (Å²) in [5.41, 5.74) is 2.74. The van der Waals surface area contributed by atoms with Gasteiger partial charge in [-0.3, -0.25) is 0 Å². The van der Waals surface area contributed by atoms with Gasteiger partial charge in [0.25, 0.3) is 0 Å². The second-order valence-electron chi connectivity index (χ2n) is 5.04. The lowest BCUT2D eigenvalue weighted by Crippen LogP contribution is -2.19. The van der Waals surface area contributed by atoms with Crippen molar-refractivity contribution in [2.45, 2.75) is 25.6 Å². The van der Waals surface area contributed by atoms with Gasteiger partial charge >= 0.3 is 0 Å². The van der Waals surface area contributed by atoms with E-state index in [2.05, 4.69) is 0 Å². The number of aliphatic hydroxyl groups is 1. The summed E-state index contributed by atoms with van der Waals surface area (Å²) in [4.78, 5) is 0. The van der Waals surface area contributed by atoms with Gasteiger partial charge < -0.3 is 9.84 Å². The molecule has 1 N–H and O–H groups in total. The van der Waals surface area contributed by atoms with Gasteiger partial charge in [-0.2, -0.15) is 0 Å². The Balaban J connectivity index is 1.99. The summed E-state index contributed by atoms with van der Waals surface area (Å²) in [5.74, 6) is 0.704. The second kappa shape index (κ2) is 5.28. The molecule has 0 aliphatic carbocycles. The Morgan fingerprint density at radius 2 is 1.95 bits per heavy atom. The monoisotopic (exact) mass is 308 g/mol. The smallest absolute Gasteiger partial charge is 0.128 e. The first-order valence-corrected chi connectivity index (χ1v) is 7.21. The fourth-order valence-electron chi connectivity index (χ4n) is 2.53. The van der Waals surface area contributed by atoms with Gasteiger partial charge in [0.05, 0.1) is 16.1 Å². The van der Waals surface area contributed by atoms with Crippen LogP contribution in [0.15, 0.2) is 36.4 Å². The molecule has 4 heteroatoms. The van der Waals surface area contributed by atoms with Gasteiger partial charge in [-0.25, -0.2) is 0 Å². The predicted molar refractivity (Wildman–Crippen MR) is 80.6 cm³/mol. The minimum absolute atomic E-state index is 0.286. The zero-order chi connectivity index (χ0) is 14.3. The maximum atomic E-state index is 10.3. The molecular weight excluding hydrogens is 295 g/mol. The van der Waals surface area contributed by atoms with E-state index in [0.29, 0.717) is 22.2 Å². The molecule has 2 nitrogen and oxygen atoms in total. The summed E-state index contributed by atoms with van der Waals surface area (Å²) in [6.07, 6.45) is -0.374. The van der Waals surface area contributed by atoms with E-state index in [-0.39, 0.29) is 6.10 Å². The molecule has 0 fully saturated rings. The number of halogens is 2. The van der Waals surface area contributed by atoms with Crippen LogP contribution in [0.1, 0.15) is 35.3 Å². The van der Waals surface area contributed by atoms with Crippen LogP contribution >= 0.6 is 23.2 Å². The Morgan fingerprint density at radius 1 is 1.15 bits per heavy atom. The summed E-state index contributed by atoms with van der Waals surface area (Å²) >= 11 is 12.3. The molecule has 20 heavy (non-hydrogen) atoms. The van der Waals surface area contributed by atoms with E-state index in [1.807, 2.05) is 37.3 Å². The second-order valence-corrected chi connectivity index (χ2v) is 5.83. The van der Waals surface area contributed by atoms with Crippen LogP contribution in [0.2, 0.25) is 10.0 Å². The molecular formula is C16H14Cl2O2. The Bertz CT molecular complexity index is 655. The van der Waals surface area contributed by atoms with E-state index in [1.165, 1.54) is 0 Å². The zero-order valence-corrected chi connectivity index (χ0v) is 12.4. The number of aliphatic hydroxyl groups excluding tert-OH is 1. The van der Waals surface area contributed by atoms with Gasteiger partial charge in [0.2, 0.25) is 0 Å². The first kappa shape index (κ1) is 13.7. The lowest BCUT2D eigenvalue weighted by atomic mass is 9.94. The first-order valence-electron chi connectivity index (χ1n) is 6.45. The summed E-state index contributed by atoms with van der Waals surface area (Å²) in [6, 6.07) is 11.3. The molecule has 0 bridgehead atoms. The van der Waals surface area contributed by atoms with Gasteiger partial charge in [-0.05, 0) is 25.1 Å². The Kier molecular flexibility index (Phi) is 3.63. The average molecular weight is 309 g/mol. The van der Waals surface area contributed by atoms with Gasteiger partial charge in [0.15, 0.2) is 0 Å². The molecule has 2 aromatic carbocycles. The molecule has 0 saturated carbocycles. The molecule has 3 rings (SSSR count). The fraction of sp³-hybridized carbons (Fsp3) is 0.250. The molecule has 1 heterocycles. The first-order chi connectivity index (χ1) is 9.56. The zero-order valence-electron chi connectivity index (χ0n) is 10.9. The molecule has 1 aliphatic heterocycles. The van der Waals surface area contributed by atoms with Gasteiger partial charge in [-0.15, -0.1) is 0 Å². The third kappa shape index (κ3) is 2.39. The van der Waals surface area contributed by atoms with Crippen LogP contribution in [-0.4, -0.2) is 5.11 Å². The Labute approximate surface area is 127 Å². The lowest BCUT2D eigenvalue weighted by molar-refractivity contribution is 0.0657. The Hall–Kier alpha value is -1.22. The number of aryl methyl sites for hydroxylation is 1. The van der Waals surface area contributed by atoms with E-state index < -0.39 is 6.10 Å². The van der Waals surface area contributed by atoms with Crippen molar-refractivity contribution in [1.82, 2.24) is 0 Å². The van der Waals surface area contributed by atoms with Crippen LogP contribution in [0.4, 0.5) is 0 Å². The molecule has 0 saturated heterocycles. The van der Waals surface area contributed by atoms with Crippen molar-refractivity contribution >= 4 is 23.2 Å². The maximum absolute atomic E-state index is 10.3. The highest BCUT2D eigenvalue weighted by atomic mass is 35.5. The molecule has 104 valence electrons. The van der Waals surface area contributed by atoms with Crippen LogP contribution in [-0.2, 0) is 0 Å². The van der Waals surface area contributed by atoms with Crippen molar-refractivity contribution in [2.75, 3.05) is 0 Å². The molecule has 0 amide bonds. The molecule has 0 spiro atoms. The van der Waals surface area contributed by atoms with Crippen molar-refractivity contribution in [2.24, 2.45) is 0 Å². The minimum atomic E-state index is -0.557. The van der Waals surface area contributed by atoms with E-state index in [1.54, 1.807) is 6.07 Å². The average Bonchev–Trinajstić information content (AvgIpc) is 2.42. The molecule has 2 atom stereocenters. The predicted octanol–water partition coefficient (Wildman–Crippen LogP) is 4.86. The van der Waals surface area contributed by atoms with Crippen LogP contribution in [0.3, 0.4) is 0 Å². The van der Waals surface area contributed by atoms with E-state index in [4.69, 9.17) is 27.9 Å². The van der Waals surface area contributed by atoms with Crippen molar-refractivity contribution in [3.8, 4) is 5.75 Å². The largest absolute Gasteiger partial charge is 0.485 e. The van der Waals surface area contributed by atoms with Crippen LogP contribution < -0.4 is 4.74 Å². The van der Waals surface area contributed by atoms with E-state index in [9.17, 15) is 5.11 Å². The topological polar surface area (TPSA) is 29.5 Å². The van der Waals surface area contributed by atoms with E-state index >= 15 is 0 Å². The molecule has 1 unspecified atom stereocenters. The number of rotatable bonds is 1. The number of fused-ring (bicyclic) bond motifs is 1. The minimum Gasteiger partial charge on any atom is -0.485 e. The van der Waals surface area contributed by atoms with Crippen molar-refractivity contribution < 1.29 is 9.84 Å². The van der Waals surface area contributed by atoms with Crippen molar-refractivity contribution in [3.05, 3.63) is 63.1 Å². The third-order valence-electron chi connectivity index (χ3n) is 3.56. The summed E-state index contributed by atoms with van der Waals surface area (Å²) in [7, 11) is 0. The maximum Gasteiger partial charge on any atom is 0.128 e. The molecule has 1 aliphatic rings. The standard InChI is InChI=1S/C16H14Cl2O2/c1-9-5-6-14-11(7-9)13(19)8-15(20-14)10-3-2-4-12(17)16(10)18/h2-7,13,15,19H,8H2,1H3/t13-,15?/m0/s1. The number of hydrogen-bond donors (Lipinski definition) is 1. The third-order valence-corrected chi connectivity index (χ3v) is 4.39. The van der Waals surface area contributed by atoms with E-state index in [0.717, 1.165) is 16.7 Å². The van der Waals surface area contributed by atoms with Crippen LogP contribution in [0.5, 0.6) is 5.75 Å². The SMILES string of the molecule is Cc1ccc2c(c1)[C@@H](O)CC(c1cccc(Cl)c1Cl)O2. The highest BCUT2D eigenvalue weighted by Crippen LogP contribution is 2.43. The highest BCUT2D eigenvalue weighted by Gasteiger charge is 2.29. The van der Waals surface area contributed by atoms with Gasteiger partial charge in [-0.1, -0.05) is 47.0 Å². The normalized spacial score (nSPS) is 21.2. The highest BCUT2D eigenvalue weighted by molar-refractivity contribution is 6.42. The van der Waals surface area contributed by atoms with Crippen LogP contribution in [0.25, 0.3) is 0 Å². The summed E-state index contributed by atoms with van der Waals surface area (Å²) in [5, 5.41) is 11.3. The van der Waals surface area contributed by atoms with Gasteiger partial charge in [0.1, 0.15) is 11.9 Å². The quantitative estimate of drug-likeness (QED) is 0.815. The molecule has 2 aromatic rings. The molecule has 0 aromatic heterocycles.